The number of aliphatic carboxylic acids is 2. The van der Waals surface area contributed by atoms with E-state index in [4.69, 9.17) is 24.5 Å². The van der Waals surface area contributed by atoms with Gasteiger partial charge >= 0.3 is 6.09 Å². The summed E-state index contributed by atoms with van der Waals surface area (Å²) in [6.07, 6.45) is 6.01. The van der Waals surface area contributed by atoms with Crippen LogP contribution in [0.15, 0.2) is 0 Å². The fraction of sp³-hybridized carbons (Fsp3) is 0.857. The van der Waals surface area contributed by atoms with Gasteiger partial charge in [0.25, 0.3) is 11.9 Å². The van der Waals surface area contributed by atoms with Gasteiger partial charge < -0.3 is 25.2 Å². The molecule has 29 heavy (non-hydrogen) atoms. The van der Waals surface area contributed by atoms with Crippen molar-refractivity contribution in [3.05, 3.63) is 0 Å². The van der Waals surface area contributed by atoms with Gasteiger partial charge in [-0.2, -0.15) is 0 Å². The summed E-state index contributed by atoms with van der Waals surface area (Å²) in [5.74, 6) is -0.802. The average molecular weight is 417 g/mol. The number of nitrogens with zero attached hydrogens (tertiary/aromatic N) is 1. The molecule has 8 heteroatoms. The average Bonchev–Trinajstić information content (AvgIpc) is 2.53. The van der Waals surface area contributed by atoms with Crippen LogP contribution in [0.25, 0.3) is 0 Å². The zero-order valence-electron chi connectivity index (χ0n) is 18.9. The van der Waals surface area contributed by atoms with Crippen LogP contribution in [-0.4, -0.2) is 64.9 Å². The molecule has 0 unspecified atom stereocenters. The van der Waals surface area contributed by atoms with E-state index in [2.05, 4.69) is 12.2 Å². The molecule has 8 nitrogen and oxygen atoms in total. The number of rotatable bonds is 2. The molecule has 170 valence electrons. The first-order valence-electron chi connectivity index (χ1n) is 10.3. The van der Waals surface area contributed by atoms with Crippen LogP contribution >= 0.6 is 0 Å². The van der Waals surface area contributed by atoms with Crippen LogP contribution < -0.4 is 5.32 Å². The third-order valence-corrected chi connectivity index (χ3v) is 4.86. The maximum absolute atomic E-state index is 12.1. The van der Waals surface area contributed by atoms with E-state index in [1.807, 2.05) is 25.7 Å². The fourth-order valence-corrected chi connectivity index (χ4v) is 3.54. The van der Waals surface area contributed by atoms with E-state index >= 15 is 0 Å². The summed E-state index contributed by atoms with van der Waals surface area (Å²) in [6, 6.07) is 0. The Kier molecular flexibility index (Phi) is 11.9. The van der Waals surface area contributed by atoms with Gasteiger partial charge in [0, 0.05) is 26.9 Å². The van der Waals surface area contributed by atoms with Crippen LogP contribution in [0.1, 0.15) is 73.6 Å². The quantitative estimate of drug-likeness (QED) is 0.630. The van der Waals surface area contributed by atoms with Crippen molar-refractivity contribution in [3.8, 4) is 0 Å². The third-order valence-electron chi connectivity index (χ3n) is 4.86. The van der Waals surface area contributed by atoms with Crippen molar-refractivity contribution in [2.75, 3.05) is 26.2 Å². The predicted octanol–water partition coefficient (Wildman–Crippen LogP) is 3.60. The minimum absolute atomic E-state index is 0.147. The smallest absolute Gasteiger partial charge is 0.410 e. The second-order valence-electron chi connectivity index (χ2n) is 9.21. The summed E-state index contributed by atoms with van der Waals surface area (Å²) >= 11 is 0. The molecule has 0 aromatic carbocycles. The number of hydrogen-bond donors (Lipinski definition) is 3. The number of piperidine rings is 2. The van der Waals surface area contributed by atoms with E-state index in [-0.39, 0.29) is 6.09 Å². The van der Waals surface area contributed by atoms with Gasteiger partial charge in [0.05, 0.1) is 0 Å². The number of ether oxygens (including phenoxy) is 1. The summed E-state index contributed by atoms with van der Waals surface area (Å²) in [6.45, 7) is 14.4. The molecule has 0 spiro atoms. The first kappa shape index (κ1) is 27.2. The van der Waals surface area contributed by atoms with Crippen LogP contribution in [0.2, 0.25) is 0 Å². The van der Waals surface area contributed by atoms with Crippen molar-refractivity contribution in [2.45, 2.75) is 79.2 Å². The van der Waals surface area contributed by atoms with E-state index in [0.717, 1.165) is 45.7 Å². The van der Waals surface area contributed by atoms with Gasteiger partial charge in [0.2, 0.25) is 0 Å². The number of carboxylic acid groups (broad SMARTS) is 2. The Morgan fingerprint density at radius 2 is 1.45 bits per heavy atom. The monoisotopic (exact) mass is 416 g/mol. The van der Waals surface area contributed by atoms with Gasteiger partial charge in [0.15, 0.2) is 0 Å². The molecule has 2 aliphatic heterocycles. The van der Waals surface area contributed by atoms with Gasteiger partial charge in [-0.15, -0.1) is 0 Å². The number of nitrogens with one attached hydrogen (secondary N) is 1. The van der Waals surface area contributed by atoms with Gasteiger partial charge in [-0.25, -0.2) is 4.79 Å². The van der Waals surface area contributed by atoms with Crippen molar-refractivity contribution in [1.29, 1.82) is 0 Å². The minimum Gasteiger partial charge on any atom is -0.481 e. The van der Waals surface area contributed by atoms with E-state index in [1.165, 1.54) is 32.4 Å². The first-order valence-corrected chi connectivity index (χ1v) is 10.3. The highest BCUT2D eigenvalue weighted by Gasteiger charge is 2.35. The molecule has 2 heterocycles. The maximum atomic E-state index is 12.1. The topological polar surface area (TPSA) is 116 Å². The largest absolute Gasteiger partial charge is 0.481 e. The van der Waals surface area contributed by atoms with Crippen LogP contribution in [0.3, 0.4) is 0 Å². The number of carboxylic acids is 2. The summed E-state index contributed by atoms with van der Waals surface area (Å²) in [5.41, 5.74) is 0.00739. The Bertz CT molecular complexity index is 496. The summed E-state index contributed by atoms with van der Waals surface area (Å²) in [7, 11) is 0. The van der Waals surface area contributed by atoms with Gasteiger partial charge in [-0.1, -0.05) is 6.92 Å². The zero-order valence-corrected chi connectivity index (χ0v) is 18.9. The lowest BCUT2D eigenvalue weighted by Gasteiger charge is -2.42. The molecule has 2 aliphatic rings. The Labute approximate surface area is 175 Å². The number of hydrogen-bond acceptors (Lipinski definition) is 5. The summed E-state index contributed by atoms with van der Waals surface area (Å²) in [5, 5.41) is 18.3. The summed E-state index contributed by atoms with van der Waals surface area (Å²) < 4.78 is 5.47. The third kappa shape index (κ3) is 14.8. The van der Waals surface area contributed by atoms with Crippen LogP contribution in [0.4, 0.5) is 4.79 Å². The second kappa shape index (κ2) is 12.7. The Morgan fingerprint density at radius 3 is 1.83 bits per heavy atom. The van der Waals surface area contributed by atoms with Gasteiger partial charge in [-0.3, -0.25) is 9.59 Å². The summed E-state index contributed by atoms with van der Waals surface area (Å²) in [4.78, 5) is 32.0. The molecular weight excluding hydrogens is 376 g/mol. The SMILES string of the molecule is CC(=O)O.CC(=O)O.CC1(CC2CCNCC2)CCN(C(=O)OC(C)(C)C)CC1. The minimum atomic E-state index is -0.833. The highest BCUT2D eigenvalue weighted by molar-refractivity contribution is 5.68. The normalized spacial score (nSPS) is 19.0. The van der Waals surface area contributed by atoms with Crippen molar-refractivity contribution in [1.82, 2.24) is 10.2 Å². The van der Waals surface area contributed by atoms with Crippen LogP contribution in [-0.2, 0) is 14.3 Å². The number of amides is 1. The van der Waals surface area contributed by atoms with Crippen LogP contribution in [0, 0.1) is 11.3 Å². The molecule has 0 aromatic heterocycles. The Hall–Kier alpha value is -1.83. The molecule has 0 atom stereocenters. The molecule has 1 amide bonds. The molecule has 2 rings (SSSR count). The molecule has 0 aliphatic carbocycles. The lowest BCUT2D eigenvalue weighted by molar-refractivity contribution is -0.135. The number of carbonyl (C=O) groups is 3. The second-order valence-corrected chi connectivity index (χ2v) is 9.21. The van der Waals surface area contributed by atoms with Gasteiger partial charge in [-0.05, 0) is 77.3 Å². The molecule has 2 fully saturated rings. The highest BCUT2D eigenvalue weighted by Crippen LogP contribution is 2.39. The molecule has 0 radical (unpaired) electrons. The van der Waals surface area contributed by atoms with E-state index in [9.17, 15) is 4.79 Å². The van der Waals surface area contributed by atoms with Crippen molar-refractivity contribution < 1.29 is 29.3 Å². The van der Waals surface area contributed by atoms with Crippen molar-refractivity contribution in [2.24, 2.45) is 11.3 Å². The standard InChI is InChI=1S/C17H32N2O2.2C2H4O2/c1-16(2,3)21-15(20)19-11-7-17(4,8-12-19)13-14-5-9-18-10-6-14;2*1-2(3)4/h14,18H,5-13H2,1-4H3;2*1H3,(H,3,4). The molecular formula is C21H40N2O6. The van der Waals surface area contributed by atoms with E-state index in [1.54, 1.807) is 0 Å². The Balaban J connectivity index is 0.000000837. The highest BCUT2D eigenvalue weighted by atomic mass is 16.6. The molecule has 0 aromatic rings. The van der Waals surface area contributed by atoms with E-state index < -0.39 is 17.5 Å². The zero-order chi connectivity index (χ0) is 22.7. The Morgan fingerprint density at radius 1 is 1.03 bits per heavy atom. The van der Waals surface area contributed by atoms with Gasteiger partial charge in [0.1, 0.15) is 5.60 Å². The first-order chi connectivity index (χ1) is 13.2. The predicted molar refractivity (Wildman–Crippen MR) is 112 cm³/mol. The maximum Gasteiger partial charge on any atom is 0.410 e. The lowest BCUT2D eigenvalue weighted by atomic mass is 9.72. The molecule has 3 N–H and O–H groups in total. The van der Waals surface area contributed by atoms with Crippen molar-refractivity contribution >= 4 is 18.0 Å². The van der Waals surface area contributed by atoms with Crippen molar-refractivity contribution in [3.63, 3.8) is 0 Å². The fourth-order valence-electron chi connectivity index (χ4n) is 3.54. The molecule has 2 saturated heterocycles. The van der Waals surface area contributed by atoms with Crippen LogP contribution in [0.5, 0.6) is 0 Å². The molecule has 0 saturated carbocycles. The number of carbonyl (C=O) groups excluding carboxylic acids is 1. The lowest BCUT2D eigenvalue weighted by Crippen LogP contribution is -2.45. The van der Waals surface area contributed by atoms with E-state index in [0.29, 0.717) is 5.41 Å². The molecule has 0 bridgehead atoms. The number of likely N-dealkylation sites (tertiary alicyclic amines) is 1.